The van der Waals surface area contributed by atoms with Crippen molar-refractivity contribution >= 4 is 17.2 Å². The van der Waals surface area contributed by atoms with Crippen molar-refractivity contribution in [3.8, 4) is 0 Å². The van der Waals surface area contributed by atoms with E-state index in [0.717, 1.165) is 26.0 Å². The summed E-state index contributed by atoms with van der Waals surface area (Å²) in [6, 6.07) is 0.213. The first-order valence-corrected chi connectivity index (χ1v) is 6.17. The van der Waals surface area contributed by atoms with Gasteiger partial charge in [0.05, 0.1) is 17.1 Å². The molecule has 1 aliphatic rings. The molecule has 1 fully saturated rings. The molecule has 0 spiro atoms. The van der Waals surface area contributed by atoms with E-state index in [1.165, 1.54) is 12.8 Å². The molecule has 0 aromatic carbocycles. The molecule has 15 heavy (non-hydrogen) atoms. The minimum absolute atomic E-state index is 0.213. The molecule has 1 aliphatic heterocycles. The Hall–Kier alpha value is -0.190. The van der Waals surface area contributed by atoms with Crippen molar-refractivity contribution in [1.29, 1.82) is 0 Å². The van der Waals surface area contributed by atoms with Gasteiger partial charge < -0.3 is 10.5 Å². The van der Waals surface area contributed by atoms with Gasteiger partial charge in [-0.25, -0.2) is 0 Å². The van der Waals surface area contributed by atoms with Crippen LogP contribution in [-0.2, 0) is 4.74 Å². The summed E-state index contributed by atoms with van der Waals surface area (Å²) in [6.45, 7) is 3.96. The number of rotatable bonds is 5. The van der Waals surface area contributed by atoms with Gasteiger partial charge in [0, 0.05) is 13.2 Å². The van der Waals surface area contributed by atoms with Crippen LogP contribution in [0.4, 0.5) is 0 Å². The highest BCUT2D eigenvalue weighted by atomic mass is 32.1. The summed E-state index contributed by atoms with van der Waals surface area (Å²) in [7, 11) is 2.07. The maximum Gasteiger partial charge on any atom is 0.0901 e. The molecular weight excluding hydrogens is 208 g/mol. The van der Waals surface area contributed by atoms with Crippen LogP contribution in [-0.4, -0.2) is 42.2 Å². The molecular formula is C11H22N2OS. The van der Waals surface area contributed by atoms with E-state index in [1.54, 1.807) is 0 Å². The van der Waals surface area contributed by atoms with Crippen LogP contribution in [0.1, 0.15) is 32.6 Å². The van der Waals surface area contributed by atoms with Crippen LogP contribution < -0.4 is 5.73 Å². The van der Waals surface area contributed by atoms with Gasteiger partial charge in [-0.1, -0.05) is 19.1 Å². The summed E-state index contributed by atoms with van der Waals surface area (Å²) in [4.78, 5) is 2.81. The van der Waals surface area contributed by atoms with Crippen molar-refractivity contribution in [3.63, 3.8) is 0 Å². The van der Waals surface area contributed by atoms with E-state index < -0.39 is 0 Å². The van der Waals surface area contributed by atoms with E-state index in [2.05, 4.69) is 18.9 Å². The molecule has 0 radical (unpaired) electrons. The summed E-state index contributed by atoms with van der Waals surface area (Å²) in [5, 5.41) is 0. The number of ether oxygens (including phenoxy) is 1. The average molecular weight is 230 g/mol. The van der Waals surface area contributed by atoms with Crippen LogP contribution in [0.15, 0.2) is 0 Å². The van der Waals surface area contributed by atoms with Crippen LogP contribution in [0.25, 0.3) is 0 Å². The third-order valence-electron chi connectivity index (χ3n) is 3.01. The predicted octanol–water partition coefficient (Wildman–Crippen LogP) is 1.55. The molecule has 2 atom stereocenters. The van der Waals surface area contributed by atoms with E-state index in [-0.39, 0.29) is 6.04 Å². The molecule has 0 aliphatic carbocycles. The molecule has 1 saturated heterocycles. The Bertz CT molecular complexity index is 205. The Morgan fingerprint density at radius 3 is 2.80 bits per heavy atom. The molecule has 0 amide bonds. The molecule has 1 heterocycles. The van der Waals surface area contributed by atoms with Crippen LogP contribution >= 0.6 is 12.2 Å². The molecule has 2 unspecified atom stereocenters. The lowest BCUT2D eigenvalue weighted by molar-refractivity contribution is -0.00425. The Morgan fingerprint density at radius 2 is 2.33 bits per heavy atom. The zero-order valence-corrected chi connectivity index (χ0v) is 10.6. The number of likely N-dealkylation sites (N-methyl/N-ethyl adjacent to an activating group) is 1. The molecule has 0 aromatic rings. The second kappa shape index (κ2) is 6.40. The third-order valence-corrected chi connectivity index (χ3v) is 3.28. The van der Waals surface area contributed by atoms with Crippen LogP contribution in [0.3, 0.4) is 0 Å². The zero-order valence-electron chi connectivity index (χ0n) is 9.74. The van der Waals surface area contributed by atoms with Crippen molar-refractivity contribution in [3.05, 3.63) is 0 Å². The molecule has 0 aromatic heterocycles. The number of nitrogens with zero attached hydrogens (tertiary/aromatic N) is 1. The highest BCUT2D eigenvalue weighted by Gasteiger charge is 2.21. The van der Waals surface area contributed by atoms with Gasteiger partial charge in [0.15, 0.2) is 0 Å². The van der Waals surface area contributed by atoms with Crippen LogP contribution in [0.2, 0.25) is 0 Å². The first kappa shape index (κ1) is 12.9. The minimum Gasteiger partial charge on any atom is -0.392 e. The molecule has 2 N–H and O–H groups in total. The highest BCUT2D eigenvalue weighted by Crippen LogP contribution is 2.15. The van der Waals surface area contributed by atoms with Gasteiger partial charge in [-0.2, -0.15) is 0 Å². The number of nitrogens with two attached hydrogens (primary N) is 1. The smallest absolute Gasteiger partial charge is 0.0901 e. The van der Waals surface area contributed by atoms with Crippen LogP contribution in [0.5, 0.6) is 0 Å². The number of hydrogen-bond donors (Lipinski definition) is 1. The summed E-state index contributed by atoms with van der Waals surface area (Å²) >= 11 is 5.06. The maximum atomic E-state index is 5.70. The number of thiocarbonyl (C=S) groups is 1. The summed E-state index contributed by atoms with van der Waals surface area (Å²) in [6.07, 6.45) is 4.98. The van der Waals surface area contributed by atoms with Gasteiger partial charge in [-0.15, -0.1) is 0 Å². The topological polar surface area (TPSA) is 38.5 Å². The lowest BCUT2D eigenvalue weighted by atomic mass is 10.1. The van der Waals surface area contributed by atoms with Crippen molar-refractivity contribution < 1.29 is 4.74 Å². The SMILES string of the molecule is CCC(C(N)=S)N(C)CC1CCCCO1. The fourth-order valence-corrected chi connectivity index (χ4v) is 2.48. The molecule has 0 saturated carbocycles. The van der Waals surface area contributed by atoms with Gasteiger partial charge in [-0.3, -0.25) is 4.90 Å². The fraction of sp³-hybridized carbons (Fsp3) is 0.909. The van der Waals surface area contributed by atoms with Gasteiger partial charge in [-0.05, 0) is 32.7 Å². The van der Waals surface area contributed by atoms with E-state index >= 15 is 0 Å². The number of hydrogen-bond acceptors (Lipinski definition) is 3. The molecule has 88 valence electrons. The van der Waals surface area contributed by atoms with E-state index in [9.17, 15) is 0 Å². The van der Waals surface area contributed by atoms with E-state index in [0.29, 0.717) is 11.1 Å². The summed E-state index contributed by atoms with van der Waals surface area (Å²) < 4.78 is 5.70. The van der Waals surface area contributed by atoms with Gasteiger partial charge in [0.25, 0.3) is 0 Å². The normalized spacial score (nSPS) is 24.1. The fourth-order valence-electron chi connectivity index (χ4n) is 2.13. The molecule has 4 heteroatoms. The predicted molar refractivity (Wildman–Crippen MR) is 67.1 cm³/mol. The largest absolute Gasteiger partial charge is 0.392 e. The van der Waals surface area contributed by atoms with Gasteiger partial charge in [0.2, 0.25) is 0 Å². The van der Waals surface area contributed by atoms with Gasteiger partial charge in [0.1, 0.15) is 0 Å². The first-order valence-electron chi connectivity index (χ1n) is 5.76. The quantitative estimate of drug-likeness (QED) is 0.727. The second-order valence-electron chi connectivity index (χ2n) is 4.25. The molecule has 3 nitrogen and oxygen atoms in total. The Labute approximate surface area is 98.0 Å². The van der Waals surface area contributed by atoms with E-state index in [4.69, 9.17) is 22.7 Å². The maximum absolute atomic E-state index is 5.70. The average Bonchev–Trinajstić information content (AvgIpc) is 2.19. The first-order chi connectivity index (χ1) is 7.15. The molecule has 1 rings (SSSR count). The lowest BCUT2D eigenvalue weighted by Gasteiger charge is -2.31. The summed E-state index contributed by atoms with van der Waals surface area (Å²) in [5.74, 6) is 0. The Balaban J connectivity index is 2.38. The standard InChI is InChI=1S/C11H22N2OS/c1-3-10(11(12)15)13(2)8-9-6-4-5-7-14-9/h9-10H,3-8H2,1-2H3,(H2,12,15). The van der Waals surface area contributed by atoms with Crippen LogP contribution in [0, 0.1) is 0 Å². The third kappa shape index (κ3) is 4.05. The lowest BCUT2D eigenvalue weighted by Crippen LogP contribution is -2.45. The van der Waals surface area contributed by atoms with Crippen molar-refractivity contribution in [2.75, 3.05) is 20.2 Å². The van der Waals surface area contributed by atoms with E-state index in [1.807, 2.05) is 0 Å². The monoisotopic (exact) mass is 230 g/mol. The van der Waals surface area contributed by atoms with Crippen molar-refractivity contribution in [2.24, 2.45) is 5.73 Å². The summed E-state index contributed by atoms with van der Waals surface area (Å²) in [5.41, 5.74) is 5.70. The van der Waals surface area contributed by atoms with Crippen molar-refractivity contribution in [2.45, 2.75) is 44.8 Å². The highest BCUT2D eigenvalue weighted by molar-refractivity contribution is 7.80. The minimum atomic E-state index is 0.213. The van der Waals surface area contributed by atoms with Crippen molar-refractivity contribution in [1.82, 2.24) is 4.90 Å². The zero-order chi connectivity index (χ0) is 11.3. The Morgan fingerprint density at radius 1 is 1.60 bits per heavy atom. The second-order valence-corrected chi connectivity index (χ2v) is 4.73. The Kier molecular flexibility index (Phi) is 5.50. The van der Waals surface area contributed by atoms with Gasteiger partial charge >= 0.3 is 0 Å². The molecule has 0 bridgehead atoms.